The van der Waals surface area contributed by atoms with E-state index in [2.05, 4.69) is 5.32 Å². The highest BCUT2D eigenvalue weighted by molar-refractivity contribution is 7.89. The van der Waals surface area contributed by atoms with Crippen LogP contribution < -0.4 is 11.1 Å². The Balaban J connectivity index is 2.02. The number of piperidine rings is 1. The first-order chi connectivity index (χ1) is 11.3. The van der Waals surface area contributed by atoms with Gasteiger partial charge in [0.1, 0.15) is 6.04 Å². The first kappa shape index (κ1) is 19.0. The molecule has 2 aliphatic heterocycles. The molecule has 2 saturated heterocycles. The number of sulfonamides is 1. The summed E-state index contributed by atoms with van der Waals surface area (Å²) in [4.78, 5) is 25.6. The minimum Gasteiger partial charge on any atom is -0.352 e. The standard InChI is InChI=1S/C15H28N4O4S/c1-2-3-5-13(19-8-4-11-24(19,22)23)14(20)18-9-6-12(7-10-18)17-15(16)21/h12-13H,2-11H2,1H3,(H3,16,17,21)/t13-/m1/s1. The van der Waals surface area contributed by atoms with Crippen molar-refractivity contribution in [3.8, 4) is 0 Å². The van der Waals surface area contributed by atoms with Gasteiger partial charge in [0.05, 0.1) is 5.75 Å². The van der Waals surface area contributed by atoms with E-state index in [1.165, 1.54) is 4.31 Å². The number of amides is 3. The average Bonchev–Trinajstić information content (AvgIpc) is 2.87. The van der Waals surface area contributed by atoms with Gasteiger partial charge in [0.15, 0.2) is 0 Å². The summed E-state index contributed by atoms with van der Waals surface area (Å²) in [6, 6.07) is -1.15. The smallest absolute Gasteiger partial charge is 0.312 e. The summed E-state index contributed by atoms with van der Waals surface area (Å²) in [5.74, 6) is 0.0273. The SMILES string of the molecule is CCCC[C@H](C(=O)N1CCC(NC(N)=O)CC1)N1CCCS1(=O)=O. The number of hydrogen-bond donors (Lipinski definition) is 2. The summed E-state index contributed by atoms with van der Waals surface area (Å²) in [7, 11) is -3.31. The molecule has 24 heavy (non-hydrogen) atoms. The number of urea groups is 1. The fourth-order valence-electron chi connectivity index (χ4n) is 3.45. The Morgan fingerprint density at radius 2 is 1.92 bits per heavy atom. The number of carbonyl (C=O) groups is 2. The van der Waals surface area contributed by atoms with Crippen molar-refractivity contribution >= 4 is 22.0 Å². The van der Waals surface area contributed by atoms with Gasteiger partial charge < -0.3 is 16.0 Å². The van der Waals surface area contributed by atoms with Gasteiger partial charge in [0, 0.05) is 25.7 Å². The van der Waals surface area contributed by atoms with E-state index in [1.807, 2.05) is 6.92 Å². The molecule has 2 heterocycles. The lowest BCUT2D eigenvalue weighted by Crippen LogP contribution is -2.53. The van der Waals surface area contributed by atoms with Gasteiger partial charge in [-0.15, -0.1) is 0 Å². The molecule has 0 aliphatic carbocycles. The van der Waals surface area contributed by atoms with E-state index in [-0.39, 0.29) is 17.7 Å². The molecule has 1 atom stereocenters. The third-order valence-electron chi connectivity index (χ3n) is 4.75. The highest BCUT2D eigenvalue weighted by atomic mass is 32.2. The van der Waals surface area contributed by atoms with Gasteiger partial charge in [-0.2, -0.15) is 4.31 Å². The van der Waals surface area contributed by atoms with Gasteiger partial charge in [-0.1, -0.05) is 19.8 Å². The van der Waals surface area contributed by atoms with E-state index < -0.39 is 22.1 Å². The van der Waals surface area contributed by atoms with Crippen LogP contribution in [0.15, 0.2) is 0 Å². The molecule has 0 radical (unpaired) electrons. The third-order valence-corrected chi connectivity index (χ3v) is 6.71. The molecular formula is C15H28N4O4S. The number of nitrogens with one attached hydrogen (secondary N) is 1. The minimum atomic E-state index is -3.31. The average molecular weight is 360 g/mol. The predicted octanol–water partition coefficient (Wildman–Crippen LogP) is 0.240. The summed E-state index contributed by atoms with van der Waals surface area (Å²) in [5.41, 5.74) is 5.13. The van der Waals surface area contributed by atoms with Gasteiger partial charge in [-0.3, -0.25) is 4.79 Å². The van der Waals surface area contributed by atoms with Gasteiger partial charge in [0.25, 0.3) is 0 Å². The molecule has 2 aliphatic rings. The second kappa shape index (κ2) is 8.15. The molecule has 2 rings (SSSR count). The quantitative estimate of drug-likeness (QED) is 0.706. The number of carbonyl (C=O) groups excluding carboxylic acids is 2. The molecule has 0 aromatic rings. The van der Waals surface area contributed by atoms with Crippen molar-refractivity contribution in [2.24, 2.45) is 5.73 Å². The second-order valence-electron chi connectivity index (χ2n) is 6.55. The normalized spacial score (nSPS) is 23.1. The molecule has 138 valence electrons. The number of primary amides is 1. The van der Waals surface area contributed by atoms with Gasteiger partial charge in [-0.05, 0) is 25.7 Å². The Kier molecular flexibility index (Phi) is 6.45. The molecule has 0 bridgehead atoms. The van der Waals surface area contributed by atoms with Gasteiger partial charge >= 0.3 is 6.03 Å². The topological polar surface area (TPSA) is 113 Å². The zero-order valence-electron chi connectivity index (χ0n) is 14.2. The number of likely N-dealkylation sites (tertiary alicyclic amines) is 1. The Morgan fingerprint density at radius 1 is 1.25 bits per heavy atom. The maximum atomic E-state index is 12.9. The second-order valence-corrected chi connectivity index (χ2v) is 8.59. The van der Waals surface area contributed by atoms with Crippen LogP contribution in [0.2, 0.25) is 0 Å². The van der Waals surface area contributed by atoms with Crippen LogP contribution in [0.4, 0.5) is 4.79 Å². The van der Waals surface area contributed by atoms with E-state index in [1.54, 1.807) is 4.90 Å². The number of rotatable bonds is 6. The number of nitrogens with zero attached hydrogens (tertiary/aromatic N) is 2. The first-order valence-electron chi connectivity index (χ1n) is 8.69. The lowest BCUT2D eigenvalue weighted by atomic mass is 10.0. The lowest BCUT2D eigenvalue weighted by Gasteiger charge is -2.36. The van der Waals surface area contributed by atoms with Crippen molar-refractivity contribution in [1.29, 1.82) is 0 Å². The minimum absolute atomic E-state index is 0.0174. The molecular weight excluding hydrogens is 332 g/mol. The highest BCUT2D eigenvalue weighted by Gasteiger charge is 2.40. The van der Waals surface area contributed by atoms with Crippen molar-refractivity contribution in [2.45, 2.75) is 57.5 Å². The fraction of sp³-hybridized carbons (Fsp3) is 0.867. The van der Waals surface area contributed by atoms with E-state index >= 15 is 0 Å². The van der Waals surface area contributed by atoms with Crippen molar-refractivity contribution in [2.75, 3.05) is 25.4 Å². The van der Waals surface area contributed by atoms with Gasteiger partial charge in [0.2, 0.25) is 15.9 Å². The zero-order valence-corrected chi connectivity index (χ0v) is 15.1. The van der Waals surface area contributed by atoms with Crippen LogP contribution in [0.3, 0.4) is 0 Å². The maximum Gasteiger partial charge on any atom is 0.312 e. The monoisotopic (exact) mass is 360 g/mol. The first-order valence-corrected chi connectivity index (χ1v) is 10.3. The summed E-state index contributed by atoms with van der Waals surface area (Å²) in [6.45, 7) is 3.49. The number of unbranched alkanes of at least 4 members (excludes halogenated alkanes) is 1. The number of hydrogen-bond acceptors (Lipinski definition) is 4. The Morgan fingerprint density at radius 3 is 2.42 bits per heavy atom. The van der Waals surface area contributed by atoms with Gasteiger partial charge in [-0.25, -0.2) is 13.2 Å². The van der Waals surface area contributed by atoms with Crippen LogP contribution in [-0.4, -0.2) is 67.0 Å². The van der Waals surface area contributed by atoms with Crippen LogP contribution in [-0.2, 0) is 14.8 Å². The van der Waals surface area contributed by atoms with Crippen molar-refractivity contribution in [1.82, 2.24) is 14.5 Å². The van der Waals surface area contributed by atoms with Crippen LogP contribution in [0.25, 0.3) is 0 Å². The van der Waals surface area contributed by atoms with E-state index in [4.69, 9.17) is 5.73 Å². The zero-order chi connectivity index (χ0) is 17.7. The molecule has 0 unspecified atom stereocenters. The summed E-state index contributed by atoms with van der Waals surface area (Å²) < 4.78 is 25.8. The van der Waals surface area contributed by atoms with E-state index in [0.29, 0.717) is 45.3 Å². The predicted molar refractivity (Wildman–Crippen MR) is 90.7 cm³/mol. The highest BCUT2D eigenvalue weighted by Crippen LogP contribution is 2.23. The van der Waals surface area contributed by atoms with Crippen LogP contribution >= 0.6 is 0 Å². The van der Waals surface area contributed by atoms with E-state index in [0.717, 1.165) is 12.8 Å². The van der Waals surface area contributed by atoms with Crippen LogP contribution in [0.1, 0.15) is 45.4 Å². The van der Waals surface area contributed by atoms with Crippen LogP contribution in [0, 0.1) is 0 Å². The van der Waals surface area contributed by atoms with Crippen LogP contribution in [0.5, 0.6) is 0 Å². The largest absolute Gasteiger partial charge is 0.352 e. The molecule has 3 N–H and O–H groups in total. The molecule has 0 spiro atoms. The third kappa shape index (κ3) is 4.60. The molecule has 0 aromatic heterocycles. The van der Waals surface area contributed by atoms with Crippen molar-refractivity contribution in [3.63, 3.8) is 0 Å². The number of nitrogens with two attached hydrogens (primary N) is 1. The molecule has 8 nitrogen and oxygen atoms in total. The molecule has 3 amide bonds. The Bertz CT molecular complexity index is 558. The van der Waals surface area contributed by atoms with Crippen molar-refractivity contribution < 1.29 is 18.0 Å². The molecule has 0 aromatic carbocycles. The van der Waals surface area contributed by atoms with Crippen molar-refractivity contribution in [3.05, 3.63) is 0 Å². The molecule has 9 heteroatoms. The summed E-state index contributed by atoms with van der Waals surface area (Å²) >= 11 is 0. The maximum absolute atomic E-state index is 12.9. The van der Waals surface area contributed by atoms with E-state index in [9.17, 15) is 18.0 Å². The lowest BCUT2D eigenvalue weighted by molar-refractivity contribution is -0.136. The summed E-state index contributed by atoms with van der Waals surface area (Å²) in [5, 5.41) is 2.67. The molecule has 2 fully saturated rings. The Hall–Kier alpha value is -1.35. The summed E-state index contributed by atoms with van der Waals surface area (Å²) in [6.07, 6.45) is 4.17. The fourth-order valence-corrected chi connectivity index (χ4v) is 5.17. The Labute approximate surface area is 143 Å². The molecule has 0 saturated carbocycles.